The molecule has 0 saturated heterocycles. The topological polar surface area (TPSA) is 62.5 Å². The van der Waals surface area contributed by atoms with Gasteiger partial charge in [-0.05, 0) is 36.2 Å². The van der Waals surface area contributed by atoms with E-state index in [2.05, 4.69) is 5.32 Å². The van der Waals surface area contributed by atoms with Gasteiger partial charge in [0.25, 0.3) is 0 Å². The Morgan fingerprint density at radius 3 is 2.84 bits per heavy atom. The quantitative estimate of drug-likeness (QED) is 0.874. The third-order valence-electron chi connectivity index (χ3n) is 2.83. The average Bonchev–Trinajstić information content (AvgIpc) is 2.89. The molecule has 1 heterocycles. The third-order valence-corrected chi connectivity index (χ3v) is 3.18. The molecule has 5 heteroatoms. The average molecular weight is 280 g/mol. The monoisotopic (exact) mass is 279 g/mol. The number of furan rings is 1. The van der Waals surface area contributed by atoms with Gasteiger partial charge in [-0.3, -0.25) is 0 Å². The number of hydrogen-bond donors (Lipinski definition) is 2. The molecule has 1 aromatic carbocycles. The predicted octanol–water partition coefficient (Wildman–Crippen LogP) is 3.81. The van der Waals surface area contributed by atoms with Crippen LogP contribution in [0, 0.1) is 0 Å². The van der Waals surface area contributed by atoms with E-state index in [9.17, 15) is 9.90 Å². The lowest BCUT2D eigenvalue weighted by atomic mass is 10.1. The summed E-state index contributed by atoms with van der Waals surface area (Å²) >= 11 is 6.11. The van der Waals surface area contributed by atoms with Gasteiger partial charge < -0.3 is 14.8 Å². The van der Waals surface area contributed by atoms with Gasteiger partial charge >= 0.3 is 5.97 Å². The Morgan fingerprint density at radius 1 is 1.47 bits per heavy atom. The van der Waals surface area contributed by atoms with Crippen LogP contribution in [-0.2, 0) is 13.0 Å². The number of carboxylic acid groups (broad SMARTS) is 1. The number of nitrogens with one attached hydrogen (secondary N) is 1. The maximum atomic E-state index is 11.3. The number of rotatable bonds is 5. The zero-order valence-electron chi connectivity index (χ0n) is 10.4. The van der Waals surface area contributed by atoms with Crippen molar-refractivity contribution in [3.8, 4) is 0 Å². The number of carbonyl (C=O) groups is 1. The maximum absolute atomic E-state index is 11.3. The molecule has 0 amide bonds. The molecule has 0 saturated carbocycles. The van der Waals surface area contributed by atoms with Crippen LogP contribution in [0.5, 0.6) is 0 Å². The summed E-state index contributed by atoms with van der Waals surface area (Å²) in [7, 11) is 0. The number of anilines is 1. The number of aromatic carboxylic acids is 1. The van der Waals surface area contributed by atoms with E-state index in [4.69, 9.17) is 16.0 Å². The third kappa shape index (κ3) is 3.09. The first-order chi connectivity index (χ1) is 9.11. The Labute approximate surface area is 116 Å². The standard InChI is InChI=1S/C14H14ClNO3/c1-2-9-6-11(14(17)18)13(7-12(9)15)16-8-10-4-3-5-19-10/h3-7,16H,2,8H2,1H3,(H,17,18). The zero-order valence-corrected chi connectivity index (χ0v) is 11.2. The molecule has 0 bridgehead atoms. The van der Waals surface area contributed by atoms with E-state index in [0.717, 1.165) is 11.3 Å². The van der Waals surface area contributed by atoms with Crippen molar-refractivity contribution in [2.75, 3.05) is 5.32 Å². The fourth-order valence-corrected chi connectivity index (χ4v) is 2.11. The largest absolute Gasteiger partial charge is 0.478 e. The molecule has 0 fully saturated rings. The number of carboxylic acids is 1. The highest BCUT2D eigenvalue weighted by atomic mass is 35.5. The molecule has 0 spiro atoms. The minimum Gasteiger partial charge on any atom is -0.478 e. The van der Waals surface area contributed by atoms with E-state index in [1.807, 2.05) is 13.0 Å². The molecule has 0 radical (unpaired) electrons. The molecule has 0 aliphatic heterocycles. The minimum absolute atomic E-state index is 0.216. The second-order valence-corrected chi connectivity index (χ2v) is 4.49. The second-order valence-electron chi connectivity index (χ2n) is 4.08. The van der Waals surface area contributed by atoms with E-state index in [1.165, 1.54) is 0 Å². The van der Waals surface area contributed by atoms with E-state index >= 15 is 0 Å². The first kappa shape index (κ1) is 13.5. The Bertz CT molecular complexity index is 579. The van der Waals surface area contributed by atoms with Crippen LogP contribution in [0.4, 0.5) is 5.69 Å². The van der Waals surface area contributed by atoms with Gasteiger partial charge in [-0.2, -0.15) is 0 Å². The summed E-state index contributed by atoms with van der Waals surface area (Å²) in [4.78, 5) is 11.3. The lowest BCUT2D eigenvalue weighted by Crippen LogP contribution is -2.07. The highest BCUT2D eigenvalue weighted by Crippen LogP contribution is 2.26. The fourth-order valence-electron chi connectivity index (χ4n) is 1.81. The Kier molecular flexibility index (Phi) is 4.12. The SMILES string of the molecule is CCc1cc(C(=O)O)c(NCc2ccco2)cc1Cl. The number of aryl methyl sites for hydroxylation is 1. The zero-order chi connectivity index (χ0) is 13.8. The molecule has 0 unspecified atom stereocenters. The van der Waals surface area contributed by atoms with Crippen LogP contribution in [-0.4, -0.2) is 11.1 Å². The molecule has 1 aromatic heterocycles. The smallest absolute Gasteiger partial charge is 0.337 e. The summed E-state index contributed by atoms with van der Waals surface area (Å²) < 4.78 is 5.19. The van der Waals surface area contributed by atoms with E-state index in [1.54, 1.807) is 24.5 Å². The van der Waals surface area contributed by atoms with E-state index < -0.39 is 5.97 Å². The first-order valence-corrected chi connectivity index (χ1v) is 6.31. The molecule has 19 heavy (non-hydrogen) atoms. The minimum atomic E-state index is -0.978. The van der Waals surface area contributed by atoms with Crippen molar-refractivity contribution in [1.29, 1.82) is 0 Å². The Balaban J connectivity index is 2.27. The summed E-state index contributed by atoms with van der Waals surface area (Å²) in [5.74, 6) is -0.250. The van der Waals surface area contributed by atoms with Gasteiger partial charge in [0.1, 0.15) is 5.76 Å². The van der Waals surface area contributed by atoms with Crippen molar-refractivity contribution in [3.63, 3.8) is 0 Å². The molecule has 2 aromatic rings. The predicted molar refractivity (Wildman–Crippen MR) is 73.8 cm³/mol. The van der Waals surface area contributed by atoms with Crippen molar-refractivity contribution in [1.82, 2.24) is 0 Å². The van der Waals surface area contributed by atoms with Crippen molar-refractivity contribution in [3.05, 3.63) is 52.4 Å². The normalized spacial score (nSPS) is 10.4. The van der Waals surface area contributed by atoms with Gasteiger partial charge in [-0.15, -0.1) is 0 Å². The van der Waals surface area contributed by atoms with Crippen LogP contribution < -0.4 is 5.32 Å². The number of halogens is 1. The van der Waals surface area contributed by atoms with Gasteiger partial charge in [0.15, 0.2) is 0 Å². The molecular formula is C14H14ClNO3. The Morgan fingerprint density at radius 2 is 2.26 bits per heavy atom. The summed E-state index contributed by atoms with van der Waals surface area (Å²) in [5.41, 5.74) is 1.53. The summed E-state index contributed by atoms with van der Waals surface area (Å²) in [6.45, 7) is 2.35. The molecular weight excluding hydrogens is 266 g/mol. The van der Waals surface area contributed by atoms with Crippen LogP contribution in [0.25, 0.3) is 0 Å². The van der Waals surface area contributed by atoms with Crippen molar-refractivity contribution >= 4 is 23.3 Å². The highest BCUT2D eigenvalue weighted by Gasteiger charge is 2.13. The van der Waals surface area contributed by atoms with Crippen molar-refractivity contribution in [2.45, 2.75) is 19.9 Å². The molecule has 4 nitrogen and oxygen atoms in total. The highest BCUT2D eigenvalue weighted by molar-refractivity contribution is 6.31. The van der Waals surface area contributed by atoms with Gasteiger partial charge in [0, 0.05) is 5.02 Å². The summed E-state index contributed by atoms with van der Waals surface area (Å²) in [6.07, 6.45) is 2.26. The van der Waals surface area contributed by atoms with Gasteiger partial charge in [0.2, 0.25) is 0 Å². The lowest BCUT2D eigenvalue weighted by molar-refractivity contribution is 0.0698. The molecule has 2 N–H and O–H groups in total. The summed E-state index contributed by atoms with van der Waals surface area (Å²) in [5, 5.41) is 12.8. The molecule has 0 aliphatic rings. The first-order valence-electron chi connectivity index (χ1n) is 5.93. The number of benzene rings is 1. The lowest BCUT2D eigenvalue weighted by Gasteiger charge is -2.11. The molecule has 100 valence electrons. The maximum Gasteiger partial charge on any atom is 0.337 e. The fraction of sp³-hybridized carbons (Fsp3) is 0.214. The van der Waals surface area contributed by atoms with Crippen LogP contribution in [0.1, 0.15) is 28.6 Å². The van der Waals surface area contributed by atoms with Crippen molar-refractivity contribution < 1.29 is 14.3 Å². The van der Waals surface area contributed by atoms with Crippen LogP contribution in [0.3, 0.4) is 0 Å². The Hall–Kier alpha value is -1.94. The van der Waals surface area contributed by atoms with Crippen LogP contribution >= 0.6 is 11.6 Å². The molecule has 0 aliphatic carbocycles. The molecule has 0 atom stereocenters. The number of hydrogen-bond acceptors (Lipinski definition) is 3. The van der Waals surface area contributed by atoms with E-state index in [0.29, 0.717) is 23.7 Å². The summed E-state index contributed by atoms with van der Waals surface area (Å²) in [6, 6.07) is 6.85. The van der Waals surface area contributed by atoms with Crippen LogP contribution in [0.15, 0.2) is 34.9 Å². The molecule has 2 rings (SSSR count). The van der Waals surface area contributed by atoms with Gasteiger partial charge in [-0.1, -0.05) is 18.5 Å². The van der Waals surface area contributed by atoms with Crippen LogP contribution in [0.2, 0.25) is 5.02 Å². The van der Waals surface area contributed by atoms with Gasteiger partial charge in [0.05, 0.1) is 24.1 Å². The van der Waals surface area contributed by atoms with E-state index in [-0.39, 0.29) is 5.56 Å². The van der Waals surface area contributed by atoms with Gasteiger partial charge in [-0.25, -0.2) is 4.79 Å². The second kappa shape index (κ2) is 5.80. The van der Waals surface area contributed by atoms with Crippen molar-refractivity contribution in [2.24, 2.45) is 0 Å².